The van der Waals surface area contributed by atoms with Crippen molar-refractivity contribution >= 4 is 27.8 Å². The highest BCUT2D eigenvalue weighted by molar-refractivity contribution is 7.92. The molecular formula is C18H17F2NO7S. The third kappa shape index (κ3) is 5.57. The van der Waals surface area contributed by atoms with Crippen LogP contribution in [0.1, 0.15) is 5.56 Å². The highest BCUT2D eigenvalue weighted by atomic mass is 32.2. The van der Waals surface area contributed by atoms with Crippen LogP contribution in [0.3, 0.4) is 0 Å². The lowest BCUT2D eigenvalue weighted by atomic mass is 10.2. The van der Waals surface area contributed by atoms with Gasteiger partial charge in [-0.1, -0.05) is 12.1 Å². The summed E-state index contributed by atoms with van der Waals surface area (Å²) in [4.78, 5) is 10.4. The Balaban J connectivity index is 2.56. The second-order valence-corrected chi connectivity index (χ2v) is 7.06. The number of benzene rings is 2. The van der Waals surface area contributed by atoms with Gasteiger partial charge >= 0.3 is 12.6 Å². The summed E-state index contributed by atoms with van der Waals surface area (Å²) in [6.07, 6.45) is 1.98. The van der Waals surface area contributed by atoms with E-state index in [4.69, 9.17) is 14.6 Å². The number of hydrogen-bond acceptors (Lipinski definition) is 6. The minimum Gasteiger partial charge on any atom is -0.493 e. The van der Waals surface area contributed by atoms with Crippen molar-refractivity contribution in [3.05, 3.63) is 48.0 Å². The molecule has 0 radical (unpaired) electrons. The molecule has 0 aliphatic heterocycles. The van der Waals surface area contributed by atoms with Gasteiger partial charge in [0.15, 0.2) is 11.5 Å². The van der Waals surface area contributed by atoms with E-state index in [0.717, 1.165) is 18.2 Å². The maximum absolute atomic E-state index is 12.9. The molecule has 8 nitrogen and oxygen atoms in total. The molecule has 0 unspecified atom stereocenters. The number of aliphatic carboxylic acids is 1. The summed E-state index contributed by atoms with van der Waals surface area (Å²) in [6, 6.07) is 7.78. The molecule has 0 aliphatic carbocycles. The van der Waals surface area contributed by atoms with E-state index in [-0.39, 0.29) is 28.5 Å². The van der Waals surface area contributed by atoms with Gasteiger partial charge in [0, 0.05) is 6.08 Å². The average Bonchev–Trinajstić information content (AvgIpc) is 2.66. The van der Waals surface area contributed by atoms with Crippen molar-refractivity contribution in [2.75, 3.05) is 18.9 Å². The van der Waals surface area contributed by atoms with E-state index in [0.29, 0.717) is 0 Å². The lowest BCUT2D eigenvalue weighted by Gasteiger charge is -2.17. The number of carboxylic acid groups (broad SMARTS) is 1. The fourth-order valence-electron chi connectivity index (χ4n) is 2.36. The van der Waals surface area contributed by atoms with E-state index in [2.05, 4.69) is 9.46 Å². The summed E-state index contributed by atoms with van der Waals surface area (Å²) in [5, 5.41) is 8.78. The van der Waals surface area contributed by atoms with E-state index >= 15 is 0 Å². The van der Waals surface area contributed by atoms with Crippen LogP contribution in [0.25, 0.3) is 6.08 Å². The SMILES string of the molecule is COc1cc(/C=C/C(=O)O)cc(S(=O)(=O)Nc2ccccc2OC(F)F)c1OC. The van der Waals surface area contributed by atoms with Crippen molar-refractivity contribution in [3.63, 3.8) is 0 Å². The van der Waals surface area contributed by atoms with Gasteiger partial charge in [-0.15, -0.1) is 0 Å². The Labute approximate surface area is 165 Å². The number of nitrogens with one attached hydrogen (secondary N) is 1. The average molecular weight is 429 g/mol. The minimum absolute atomic E-state index is 0.0255. The number of carboxylic acids is 1. The Kier molecular flexibility index (Phi) is 6.99. The van der Waals surface area contributed by atoms with Crippen molar-refractivity contribution in [3.8, 4) is 17.2 Å². The van der Waals surface area contributed by atoms with Gasteiger partial charge in [0.25, 0.3) is 10.0 Å². The topological polar surface area (TPSA) is 111 Å². The summed E-state index contributed by atoms with van der Waals surface area (Å²) >= 11 is 0. The van der Waals surface area contributed by atoms with Crippen molar-refractivity contribution in [2.24, 2.45) is 0 Å². The summed E-state index contributed by atoms with van der Waals surface area (Å²) in [5.74, 6) is -1.74. The molecule has 0 saturated carbocycles. The quantitative estimate of drug-likeness (QED) is 0.589. The molecule has 2 aromatic rings. The fraction of sp³-hybridized carbons (Fsp3) is 0.167. The maximum Gasteiger partial charge on any atom is 0.387 e. The monoisotopic (exact) mass is 429 g/mol. The van der Waals surface area contributed by atoms with Crippen LogP contribution in [0, 0.1) is 0 Å². The molecule has 0 spiro atoms. The molecule has 0 atom stereocenters. The number of halogens is 2. The highest BCUT2D eigenvalue weighted by Gasteiger charge is 2.25. The van der Waals surface area contributed by atoms with Crippen molar-refractivity contribution < 1.29 is 41.3 Å². The fourth-order valence-corrected chi connectivity index (χ4v) is 3.65. The van der Waals surface area contributed by atoms with Crippen LogP contribution in [0.15, 0.2) is 47.4 Å². The Bertz CT molecular complexity index is 1020. The van der Waals surface area contributed by atoms with Crippen LogP contribution in [0.5, 0.6) is 17.2 Å². The summed E-state index contributed by atoms with van der Waals surface area (Å²) in [7, 11) is -1.87. The number of alkyl halides is 2. The summed E-state index contributed by atoms with van der Waals surface area (Å²) in [6.45, 7) is -3.15. The third-order valence-corrected chi connectivity index (χ3v) is 4.89. The normalized spacial score (nSPS) is 11.5. The van der Waals surface area contributed by atoms with Crippen LogP contribution in [0.2, 0.25) is 0 Å². The van der Waals surface area contributed by atoms with E-state index in [9.17, 15) is 22.0 Å². The van der Waals surface area contributed by atoms with Crippen LogP contribution >= 0.6 is 0 Å². The van der Waals surface area contributed by atoms with Crippen molar-refractivity contribution in [2.45, 2.75) is 11.5 Å². The third-order valence-electron chi connectivity index (χ3n) is 3.52. The Morgan fingerprint density at radius 1 is 1.14 bits per heavy atom. The number of methoxy groups -OCH3 is 2. The molecule has 0 amide bonds. The Morgan fingerprint density at radius 2 is 1.83 bits per heavy atom. The van der Waals surface area contributed by atoms with Gasteiger partial charge in [0.1, 0.15) is 10.6 Å². The predicted molar refractivity (Wildman–Crippen MR) is 100 cm³/mol. The van der Waals surface area contributed by atoms with Gasteiger partial charge in [0.05, 0.1) is 19.9 Å². The zero-order valence-corrected chi connectivity index (χ0v) is 16.1. The highest BCUT2D eigenvalue weighted by Crippen LogP contribution is 2.38. The number of anilines is 1. The molecule has 2 aromatic carbocycles. The van der Waals surface area contributed by atoms with Crippen LogP contribution < -0.4 is 18.9 Å². The van der Waals surface area contributed by atoms with Crippen molar-refractivity contribution in [1.29, 1.82) is 0 Å². The number of sulfonamides is 1. The van der Waals surface area contributed by atoms with Gasteiger partial charge in [0.2, 0.25) is 0 Å². The van der Waals surface area contributed by atoms with Gasteiger partial charge in [-0.25, -0.2) is 13.2 Å². The van der Waals surface area contributed by atoms with Crippen LogP contribution in [-0.2, 0) is 14.8 Å². The van der Waals surface area contributed by atoms with E-state index < -0.39 is 27.5 Å². The number of hydrogen-bond donors (Lipinski definition) is 2. The molecule has 0 heterocycles. The van der Waals surface area contributed by atoms with E-state index in [1.807, 2.05) is 0 Å². The largest absolute Gasteiger partial charge is 0.493 e. The molecule has 0 aromatic heterocycles. The maximum atomic E-state index is 12.9. The number of ether oxygens (including phenoxy) is 3. The number of para-hydroxylation sites is 2. The molecule has 2 rings (SSSR count). The first kappa shape index (κ1) is 22.0. The van der Waals surface area contributed by atoms with Crippen LogP contribution in [0.4, 0.5) is 14.5 Å². The molecule has 0 saturated heterocycles. The second-order valence-electron chi connectivity index (χ2n) is 5.41. The summed E-state index contributed by atoms with van der Waals surface area (Å²) < 4.78 is 67.8. The van der Waals surface area contributed by atoms with Gasteiger partial charge < -0.3 is 19.3 Å². The second kappa shape index (κ2) is 9.24. The molecule has 29 heavy (non-hydrogen) atoms. The molecule has 0 fully saturated rings. The molecule has 11 heteroatoms. The standard InChI is InChI=1S/C18H17F2NO7S/c1-26-14-9-11(7-8-16(22)23)10-15(17(14)27-2)29(24,25)21-12-5-3-4-6-13(12)28-18(19)20/h3-10,18,21H,1-2H3,(H,22,23)/b8-7+. The first-order valence-corrected chi connectivity index (χ1v) is 9.40. The predicted octanol–water partition coefficient (Wildman–Crippen LogP) is 3.20. The lowest BCUT2D eigenvalue weighted by molar-refractivity contribution is -0.131. The van der Waals surface area contributed by atoms with E-state index in [1.165, 1.54) is 44.6 Å². The van der Waals surface area contributed by atoms with Gasteiger partial charge in [-0.2, -0.15) is 8.78 Å². The Hall–Kier alpha value is -3.34. The Morgan fingerprint density at radius 3 is 2.41 bits per heavy atom. The molecule has 0 bridgehead atoms. The minimum atomic E-state index is -4.37. The first-order valence-electron chi connectivity index (χ1n) is 7.91. The van der Waals surface area contributed by atoms with E-state index in [1.54, 1.807) is 0 Å². The lowest BCUT2D eigenvalue weighted by Crippen LogP contribution is -2.16. The zero-order valence-electron chi connectivity index (χ0n) is 15.3. The zero-order chi connectivity index (χ0) is 21.6. The molecule has 156 valence electrons. The first-order chi connectivity index (χ1) is 13.7. The molecule has 0 aliphatic rings. The van der Waals surface area contributed by atoms with Gasteiger partial charge in [-0.05, 0) is 35.9 Å². The smallest absolute Gasteiger partial charge is 0.387 e. The molecular weight excluding hydrogens is 412 g/mol. The number of rotatable bonds is 9. The van der Waals surface area contributed by atoms with Crippen LogP contribution in [-0.4, -0.2) is 40.3 Å². The van der Waals surface area contributed by atoms with Crippen molar-refractivity contribution in [1.82, 2.24) is 0 Å². The summed E-state index contributed by atoms with van der Waals surface area (Å²) in [5.41, 5.74) is -0.0251. The van der Waals surface area contributed by atoms with Gasteiger partial charge in [-0.3, -0.25) is 4.72 Å². The number of carbonyl (C=O) groups is 1. The molecule has 2 N–H and O–H groups in total.